The lowest BCUT2D eigenvalue weighted by Gasteiger charge is -2.19. The van der Waals surface area contributed by atoms with Gasteiger partial charge in [0.2, 0.25) is 5.95 Å². The van der Waals surface area contributed by atoms with Gasteiger partial charge in [0.1, 0.15) is 11.6 Å². The molecule has 36 heavy (non-hydrogen) atoms. The number of aromatic nitrogens is 5. The van der Waals surface area contributed by atoms with Crippen LogP contribution >= 0.6 is 15.9 Å². The lowest BCUT2D eigenvalue weighted by atomic mass is 10.1. The summed E-state index contributed by atoms with van der Waals surface area (Å²) in [5.74, 6) is 1.38. The zero-order chi connectivity index (χ0) is 24.6. The predicted octanol–water partition coefficient (Wildman–Crippen LogP) is 6.87. The summed E-state index contributed by atoms with van der Waals surface area (Å²) in [5.41, 5.74) is 4.69. The van der Waals surface area contributed by atoms with Crippen LogP contribution < -0.4 is 5.32 Å². The van der Waals surface area contributed by atoms with Gasteiger partial charge in [-0.3, -0.25) is 0 Å². The third-order valence-electron chi connectivity index (χ3n) is 6.74. The van der Waals surface area contributed by atoms with Gasteiger partial charge in [-0.2, -0.15) is 0 Å². The Morgan fingerprint density at radius 2 is 1.94 bits per heavy atom. The molecule has 1 aliphatic rings. The normalized spacial score (nSPS) is 14.9. The fourth-order valence-corrected chi connectivity index (χ4v) is 5.45. The fourth-order valence-electron chi connectivity index (χ4n) is 5.07. The standard InChI is InChI=1S/C28H26BrFN6/c1-2-13-31-28-32-14-11-23(33-28)27-26(18-3-6-21(30)7-4-18)34-25-10-8-22(36(25)27)17-35-15-12-19-16-20(29)5-9-24(19)35/h3-7,9,11-12,14-16,22H,2,8,10,13,17H2,1H3,(H,31,32,33). The minimum Gasteiger partial charge on any atom is -0.354 e. The van der Waals surface area contributed by atoms with Gasteiger partial charge in [-0.15, -0.1) is 0 Å². The van der Waals surface area contributed by atoms with Gasteiger partial charge >= 0.3 is 0 Å². The maximum absolute atomic E-state index is 13.7. The molecule has 1 N–H and O–H groups in total. The van der Waals surface area contributed by atoms with Crippen molar-refractivity contribution in [3.8, 4) is 22.6 Å². The molecule has 0 amide bonds. The number of fused-ring (bicyclic) bond motifs is 2. The second-order valence-corrected chi connectivity index (χ2v) is 10.1. The molecule has 6 nitrogen and oxygen atoms in total. The van der Waals surface area contributed by atoms with E-state index in [1.807, 2.05) is 6.07 Å². The number of benzene rings is 2. The lowest BCUT2D eigenvalue weighted by Crippen LogP contribution is -2.14. The topological polar surface area (TPSA) is 60.6 Å². The molecule has 1 unspecified atom stereocenters. The van der Waals surface area contributed by atoms with Crippen LogP contribution in [0.15, 0.2) is 71.5 Å². The average molecular weight is 545 g/mol. The second kappa shape index (κ2) is 9.50. The summed E-state index contributed by atoms with van der Waals surface area (Å²) in [4.78, 5) is 14.3. The Balaban J connectivity index is 1.46. The Bertz CT molecular complexity index is 1540. The summed E-state index contributed by atoms with van der Waals surface area (Å²) >= 11 is 3.58. The van der Waals surface area contributed by atoms with Crippen molar-refractivity contribution in [1.29, 1.82) is 0 Å². The molecule has 1 aliphatic heterocycles. The van der Waals surface area contributed by atoms with Crippen molar-refractivity contribution in [3.63, 3.8) is 0 Å². The van der Waals surface area contributed by atoms with E-state index in [-0.39, 0.29) is 11.9 Å². The highest BCUT2D eigenvalue weighted by Crippen LogP contribution is 2.40. The van der Waals surface area contributed by atoms with Gasteiger partial charge < -0.3 is 14.5 Å². The van der Waals surface area contributed by atoms with Gasteiger partial charge in [0.05, 0.1) is 23.1 Å². The molecular weight excluding hydrogens is 519 g/mol. The first kappa shape index (κ1) is 22.9. The number of hydrogen-bond acceptors (Lipinski definition) is 4. The molecule has 0 saturated carbocycles. The van der Waals surface area contributed by atoms with Crippen LogP contribution in [0.4, 0.5) is 10.3 Å². The van der Waals surface area contributed by atoms with E-state index < -0.39 is 0 Å². The molecule has 0 fully saturated rings. The number of anilines is 1. The Morgan fingerprint density at radius 3 is 2.78 bits per heavy atom. The quantitative estimate of drug-likeness (QED) is 0.243. The summed E-state index contributed by atoms with van der Waals surface area (Å²) in [6, 6.07) is 17.3. The molecule has 1 atom stereocenters. The molecule has 0 bridgehead atoms. The van der Waals surface area contributed by atoms with Gasteiger partial charge in [0.25, 0.3) is 0 Å². The van der Waals surface area contributed by atoms with Crippen LogP contribution in [-0.2, 0) is 13.0 Å². The molecule has 5 aromatic rings. The largest absolute Gasteiger partial charge is 0.354 e. The van der Waals surface area contributed by atoms with Crippen LogP contribution in [0.3, 0.4) is 0 Å². The maximum Gasteiger partial charge on any atom is 0.223 e. The third kappa shape index (κ3) is 4.19. The first-order chi connectivity index (χ1) is 17.6. The SMILES string of the molecule is CCCNc1nccc(-c2c(-c3ccc(F)cc3)nc3n2C(Cn2ccc4cc(Br)ccc42)CC3)n1. The van der Waals surface area contributed by atoms with Crippen LogP contribution in [0.25, 0.3) is 33.5 Å². The third-order valence-corrected chi connectivity index (χ3v) is 7.23. The summed E-state index contributed by atoms with van der Waals surface area (Å²) < 4.78 is 19.5. The Hall–Kier alpha value is -3.52. The van der Waals surface area contributed by atoms with E-state index in [4.69, 9.17) is 9.97 Å². The van der Waals surface area contributed by atoms with Gasteiger partial charge in [0, 0.05) is 52.8 Å². The smallest absolute Gasteiger partial charge is 0.223 e. The summed E-state index contributed by atoms with van der Waals surface area (Å²) in [6.45, 7) is 3.75. The molecule has 0 saturated heterocycles. The maximum atomic E-state index is 13.7. The van der Waals surface area contributed by atoms with Gasteiger partial charge in [-0.05, 0) is 67.4 Å². The monoisotopic (exact) mass is 544 g/mol. The van der Waals surface area contributed by atoms with Crippen molar-refractivity contribution in [3.05, 3.63) is 83.1 Å². The Labute approximate surface area is 217 Å². The van der Waals surface area contributed by atoms with Crippen LogP contribution in [-0.4, -0.2) is 30.6 Å². The predicted molar refractivity (Wildman–Crippen MR) is 144 cm³/mol. The molecule has 0 spiro atoms. The van der Waals surface area contributed by atoms with Crippen molar-refractivity contribution in [2.75, 3.05) is 11.9 Å². The summed E-state index contributed by atoms with van der Waals surface area (Å²) in [6.07, 6.45) is 6.82. The number of nitrogens with one attached hydrogen (secondary N) is 1. The van der Waals surface area contributed by atoms with E-state index >= 15 is 0 Å². The molecular formula is C28H26BrFN6. The van der Waals surface area contributed by atoms with Crippen LogP contribution in [0.2, 0.25) is 0 Å². The van der Waals surface area contributed by atoms with Gasteiger partial charge in [0.15, 0.2) is 0 Å². The number of nitrogens with zero attached hydrogens (tertiary/aromatic N) is 5. The van der Waals surface area contributed by atoms with Crippen molar-refractivity contribution < 1.29 is 4.39 Å². The van der Waals surface area contributed by atoms with Crippen LogP contribution in [0.1, 0.15) is 31.6 Å². The minimum absolute atomic E-state index is 0.220. The zero-order valence-corrected chi connectivity index (χ0v) is 21.5. The van der Waals surface area contributed by atoms with Gasteiger partial charge in [-0.25, -0.2) is 19.3 Å². The molecule has 182 valence electrons. The highest BCUT2D eigenvalue weighted by atomic mass is 79.9. The Morgan fingerprint density at radius 1 is 1.08 bits per heavy atom. The van der Waals surface area contributed by atoms with E-state index in [2.05, 4.69) is 72.8 Å². The van der Waals surface area contributed by atoms with Crippen molar-refractivity contribution >= 4 is 32.8 Å². The van der Waals surface area contributed by atoms with E-state index in [1.54, 1.807) is 18.3 Å². The highest BCUT2D eigenvalue weighted by Gasteiger charge is 2.31. The first-order valence-corrected chi connectivity index (χ1v) is 13.1. The molecule has 4 heterocycles. The number of hydrogen-bond donors (Lipinski definition) is 1. The number of imidazole rings is 1. The summed E-state index contributed by atoms with van der Waals surface area (Å²) in [5, 5.41) is 4.50. The van der Waals surface area contributed by atoms with E-state index in [0.29, 0.717) is 5.95 Å². The van der Waals surface area contributed by atoms with Crippen molar-refractivity contribution in [2.45, 2.75) is 38.8 Å². The highest BCUT2D eigenvalue weighted by molar-refractivity contribution is 9.10. The molecule has 8 heteroatoms. The van der Waals surface area contributed by atoms with Crippen LogP contribution in [0.5, 0.6) is 0 Å². The number of halogens is 2. The van der Waals surface area contributed by atoms with E-state index in [0.717, 1.165) is 65.3 Å². The number of aryl methyl sites for hydroxylation is 1. The summed E-state index contributed by atoms with van der Waals surface area (Å²) in [7, 11) is 0. The molecule has 0 aliphatic carbocycles. The minimum atomic E-state index is -0.260. The second-order valence-electron chi connectivity index (χ2n) is 9.16. The fraction of sp³-hybridized carbons (Fsp3) is 0.250. The average Bonchev–Trinajstić information content (AvgIpc) is 3.58. The zero-order valence-electron chi connectivity index (χ0n) is 20.0. The molecule has 2 aromatic carbocycles. The Kier molecular flexibility index (Phi) is 6.05. The van der Waals surface area contributed by atoms with E-state index in [9.17, 15) is 4.39 Å². The number of rotatable bonds is 7. The van der Waals surface area contributed by atoms with Crippen molar-refractivity contribution in [2.24, 2.45) is 0 Å². The van der Waals surface area contributed by atoms with E-state index in [1.165, 1.54) is 23.0 Å². The van der Waals surface area contributed by atoms with Crippen LogP contribution in [0, 0.1) is 5.82 Å². The molecule has 3 aromatic heterocycles. The van der Waals surface area contributed by atoms with Gasteiger partial charge in [-0.1, -0.05) is 22.9 Å². The first-order valence-electron chi connectivity index (χ1n) is 12.3. The molecule has 0 radical (unpaired) electrons. The van der Waals surface area contributed by atoms with Crippen molar-refractivity contribution in [1.82, 2.24) is 24.1 Å². The molecule has 6 rings (SSSR count). The lowest BCUT2D eigenvalue weighted by molar-refractivity contribution is 0.459.